The summed E-state index contributed by atoms with van der Waals surface area (Å²) in [6.45, 7) is 1.88. The van der Waals surface area contributed by atoms with Gasteiger partial charge in [0.2, 0.25) is 0 Å². The molecule has 0 aliphatic rings. The van der Waals surface area contributed by atoms with Crippen molar-refractivity contribution in [3.05, 3.63) is 39.0 Å². The third-order valence-electron chi connectivity index (χ3n) is 2.13. The highest BCUT2D eigenvalue weighted by molar-refractivity contribution is 9.11. The SMILES string of the molecule is CC(N)c1cn(-c2ccc(Br)cc2Br)nn1. The van der Waals surface area contributed by atoms with Gasteiger partial charge in [0.1, 0.15) is 0 Å². The molecule has 1 aromatic carbocycles. The second kappa shape index (κ2) is 4.65. The van der Waals surface area contributed by atoms with Gasteiger partial charge in [-0.1, -0.05) is 21.1 Å². The van der Waals surface area contributed by atoms with E-state index in [1.807, 2.05) is 31.3 Å². The van der Waals surface area contributed by atoms with Gasteiger partial charge in [0.05, 0.1) is 17.6 Å². The van der Waals surface area contributed by atoms with Gasteiger partial charge < -0.3 is 5.73 Å². The first-order chi connectivity index (χ1) is 7.58. The number of nitrogens with zero attached hydrogens (tertiary/aromatic N) is 3. The largest absolute Gasteiger partial charge is 0.323 e. The van der Waals surface area contributed by atoms with Crippen molar-refractivity contribution in [1.82, 2.24) is 15.0 Å². The minimum Gasteiger partial charge on any atom is -0.323 e. The Morgan fingerprint density at radius 3 is 2.69 bits per heavy atom. The zero-order valence-electron chi connectivity index (χ0n) is 8.56. The van der Waals surface area contributed by atoms with Crippen molar-refractivity contribution in [2.75, 3.05) is 0 Å². The molecular weight excluding hydrogens is 336 g/mol. The summed E-state index contributed by atoms with van der Waals surface area (Å²) >= 11 is 6.88. The zero-order chi connectivity index (χ0) is 11.7. The fourth-order valence-corrected chi connectivity index (χ4v) is 2.50. The van der Waals surface area contributed by atoms with E-state index in [2.05, 4.69) is 42.2 Å². The van der Waals surface area contributed by atoms with E-state index in [4.69, 9.17) is 5.73 Å². The number of rotatable bonds is 2. The fraction of sp³-hybridized carbons (Fsp3) is 0.200. The summed E-state index contributed by atoms with van der Waals surface area (Å²) in [5.74, 6) is 0. The summed E-state index contributed by atoms with van der Waals surface area (Å²) < 4.78 is 3.66. The van der Waals surface area contributed by atoms with Crippen LogP contribution >= 0.6 is 31.9 Å². The van der Waals surface area contributed by atoms with Crippen LogP contribution in [0.25, 0.3) is 5.69 Å². The summed E-state index contributed by atoms with van der Waals surface area (Å²) in [5, 5.41) is 8.05. The van der Waals surface area contributed by atoms with E-state index in [1.54, 1.807) is 4.68 Å². The van der Waals surface area contributed by atoms with Gasteiger partial charge in [0.15, 0.2) is 0 Å². The number of hydrogen-bond acceptors (Lipinski definition) is 3. The fourth-order valence-electron chi connectivity index (χ4n) is 1.27. The highest BCUT2D eigenvalue weighted by Crippen LogP contribution is 2.24. The lowest BCUT2D eigenvalue weighted by atomic mass is 10.3. The van der Waals surface area contributed by atoms with Gasteiger partial charge in [0, 0.05) is 15.0 Å². The average molecular weight is 346 g/mol. The standard InChI is InChI=1S/C10H10Br2N4/c1-6(13)9-5-16(15-14-9)10-3-2-7(11)4-8(10)12/h2-6H,13H2,1H3. The molecule has 0 aliphatic heterocycles. The molecule has 0 spiro atoms. The Morgan fingerprint density at radius 2 is 2.12 bits per heavy atom. The van der Waals surface area contributed by atoms with Crippen LogP contribution in [0.1, 0.15) is 18.7 Å². The van der Waals surface area contributed by atoms with E-state index in [9.17, 15) is 0 Å². The van der Waals surface area contributed by atoms with Crippen LogP contribution in [-0.2, 0) is 0 Å². The highest BCUT2D eigenvalue weighted by Gasteiger charge is 2.08. The third kappa shape index (κ3) is 2.34. The maximum atomic E-state index is 5.73. The average Bonchev–Trinajstić information content (AvgIpc) is 2.66. The van der Waals surface area contributed by atoms with Gasteiger partial charge in [-0.3, -0.25) is 0 Å². The van der Waals surface area contributed by atoms with Gasteiger partial charge in [-0.05, 0) is 41.1 Å². The smallest absolute Gasteiger partial charge is 0.0995 e. The summed E-state index contributed by atoms with van der Waals surface area (Å²) in [6, 6.07) is 5.76. The van der Waals surface area contributed by atoms with Gasteiger partial charge in [0.25, 0.3) is 0 Å². The minimum atomic E-state index is -0.108. The molecule has 1 aromatic heterocycles. The molecule has 4 nitrogen and oxygen atoms in total. The van der Waals surface area contributed by atoms with E-state index in [0.29, 0.717) is 0 Å². The van der Waals surface area contributed by atoms with Crippen molar-refractivity contribution in [3.63, 3.8) is 0 Å². The molecule has 2 aromatic rings. The minimum absolute atomic E-state index is 0.108. The van der Waals surface area contributed by atoms with E-state index >= 15 is 0 Å². The van der Waals surface area contributed by atoms with Crippen LogP contribution < -0.4 is 5.73 Å². The molecule has 1 unspecified atom stereocenters. The summed E-state index contributed by atoms with van der Waals surface area (Å²) in [6.07, 6.45) is 1.83. The van der Waals surface area contributed by atoms with E-state index in [1.165, 1.54) is 0 Å². The molecule has 84 valence electrons. The summed E-state index contributed by atoms with van der Waals surface area (Å²) in [7, 11) is 0. The molecule has 0 saturated carbocycles. The van der Waals surface area contributed by atoms with Crippen LogP contribution in [0.2, 0.25) is 0 Å². The second-order valence-electron chi connectivity index (χ2n) is 3.47. The Kier molecular flexibility index (Phi) is 3.41. The maximum absolute atomic E-state index is 5.73. The second-order valence-corrected chi connectivity index (χ2v) is 5.24. The first-order valence-corrected chi connectivity index (χ1v) is 6.30. The normalized spacial score (nSPS) is 12.8. The molecule has 0 fully saturated rings. The van der Waals surface area contributed by atoms with Crippen molar-refractivity contribution >= 4 is 31.9 Å². The first-order valence-electron chi connectivity index (χ1n) is 4.71. The molecule has 2 rings (SSSR count). The first kappa shape index (κ1) is 11.8. The Hall–Kier alpha value is -0.720. The number of benzene rings is 1. The Labute approximate surface area is 110 Å². The van der Waals surface area contributed by atoms with Crippen LogP contribution in [-0.4, -0.2) is 15.0 Å². The molecule has 0 bridgehead atoms. The molecule has 1 atom stereocenters. The number of halogens is 2. The molecular formula is C10H10Br2N4. The van der Waals surface area contributed by atoms with Crippen LogP contribution in [0.4, 0.5) is 0 Å². The van der Waals surface area contributed by atoms with Crippen molar-refractivity contribution < 1.29 is 0 Å². The van der Waals surface area contributed by atoms with Crippen LogP contribution in [0.15, 0.2) is 33.3 Å². The third-order valence-corrected chi connectivity index (χ3v) is 3.26. The molecule has 1 heterocycles. The number of aromatic nitrogens is 3. The Bertz CT molecular complexity index is 507. The van der Waals surface area contributed by atoms with Crippen molar-refractivity contribution in [3.8, 4) is 5.69 Å². The Balaban J connectivity index is 2.42. The number of hydrogen-bond donors (Lipinski definition) is 1. The predicted octanol–water partition coefficient (Wildman–Crippen LogP) is 2.81. The quantitative estimate of drug-likeness (QED) is 0.910. The molecule has 16 heavy (non-hydrogen) atoms. The topological polar surface area (TPSA) is 56.7 Å². The van der Waals surface area contributed by atoms with E-state index in [0.717, 1.165) is 20.3 Å². The van der Waals surface area contributed by atoms with Crippen LogP contribution in [0, 0.1) is 0 Å². The van der Waals surface area contributed by atoms with Gasteiger partial charge in [-0.2, -0.15) is 0 Å². The Morgan fingerprint density at radius 1 is 1.38 bits per heavy atom. The molecule has 0 radical (unpaired) electrons. The van der Waals surface area contributed by atoms with Crippen LogP contribution in [0.5, 0.6) is 0 Å². The lowest BCUT2D eigenvalue weighted by Gasteiger charge is -2.03. The zero-order valence-corrected chi connectivity index (χ0v) is 11.7. The van der Waals surface area contributed by atoms with Gasteiger partial charge in [-0.25, -0.2) is 4.68 Å². The number of nitrogens with two attached hydrogens (primary N) is 1. The summed E-state index contributed by atoms with van der Waals surface area (Å²) in [5.41, 5.74) is 7.44. The molecule has 6 heteroatoms. The monoisotopic (exact) mass is 344 g/mol. The van der Waals surface area contributed by atoms with Crippen molar-refractivity contribution in [1.29, 1.82) is 0 Å². The van der Waals surface area contributed by atoms with Crippen LogP contribution in [0.3, 0.4) is 0 Å². The predicted molar refractivity (Wildman–Crippen MR) is 69.4 cm³/mol. The highest BCUT2D eigenvalue weighted by atomic mass is 79.9. The van der Waals surface area contributed by atoms with Crippen molar-refractivity contribution in [2.24, 2.45) is 5.73 Å². The molecule has 0 amide bonds. The van der Waals surface area contributed by atoms with Crippen molar-refractivity contribution in [2.45, 2.75) is 13.0 Å². The molecule has 0 saturated heterocycles. The lowest BCUT2D eigenvalue weighted by Crippen LogP contribution is -2.04. The molecule has 0 aliphatic carbocycles. The summed E-state index contributed by atoms with van der Waals surface area (Å²) in [4.78, 5) is 0. The lowest BCUT2D eigenvalue weighted by molar-refractivity contribution is 0.756. The van der Waals surface area contributed by atoms with E-state index in [-0.39, 0.29) is 6.04 Å². The van der Waals surface area contributed by atoms with E-state index < -0.39 is 0 Å². The molecule has 2 N–H and O–H groups in total. The van der Waals surface area contributed by atoms with Gasteiger partial charge >= 0.3 is 0 Å². The van der Waals surface area contributed by atoms with Gasteiger partial charge in [-0.15, -0.1) is 5.10 Å². The maximum Gasteiger partial charge on any atom is 0.0995 e.